The van der Waals surface area contributed by atoms with Crippen molar-refractivity contribution in [2.24, 2.45) is 11.7 Å². The minimum atomic E-state index is -0.553. The average molecular weight is 189 g/mol. The van der Waals surface area contributed by atoms with Crippen LogP contribution in [0.2, 0.25) is 0 Å². The Balaban J connectivity index is 3.96. The van der Waals surface area contributed by atoms with Crippen LogP contribution in [0.3, 0.4) is 0 Å². The molecule has 13 heavy (non-hydrogen) atoms. The molecule has 4 nitrogen and oxygen atoms in total. The molecule has 0 heterocycles. The summed E-state index contributed by atoms with van der Waals surface area (Å²) in [7, 11) is 1.48. The van der Waals surface area contributed by atoms with Crippen LogP contribution < -0.4 is 5.73 Å². The Morgan fingerprint density at radius 2 is 2.00 bits per heavy atom. The molecule has 0 aliphatic rings. The van der Waals surface area contributed by atoms with Crippen molar-refractivity contribution in [2.75, 3.05) is 7.11 Å². The summed E-state index contributed by atoms with van der Waals surface area (Å²) >= 11 is 0. The largest absolute Gasteiger partial charge is 0.435 e. The van der Waals surface area contributed by atoms with Crippen molar-refractivity contribution in [3.63, 3.8) is 0 Å². The fourth-order valence-electron chi connectivity index (χ4n) is 0.776. The molecule has 2 N–H and O–H groups in total. The number of hydrogen-bond acceptors (Lipinski definition) is 4. The van der Waals surface area contributed by atoms with Gasteiger partial charge < -0.3 is 15.2 Å². The standard InChI is InChI=1S/C9H19NO3/c1-5-6(2)8(10)9(11)13-7(3)12-4/h6-8H,5,10H2,1-4H3. The molecule has 0 rings (SSSR count). The van der Waals surface area contributed by atoms with E-state index in [1.165, 1.54) is 7.11 Å². The highest BCUT2D eigenvalue weighted by molar-refractivity contribution is 5.75. The lowest BCUT2D eigenvalue weighted by Crippen LogP contribution is -2.39. The molecule has 3 unspecified atom stereocenters. The van der Waals surface area contributed by atoms with Gasteiger partial charge in [-0.2, -0.15) is 0 Å². The van der Waals surface area contributed by atoms with E-state index in [1.807, 2.05) is 13.8 Å². The van der Waals surface area contributed by atoms with Gasteiger partial charge >= 0.3 is 5.97 Å². The van der Waals surface area contributed by atoms with Gasteiger partial charge in [0.25, 0.3) is 0 Å². The van der Waals surface area contributed by atoms with E-state index in [4.69, 9.17) is 15.2 Å². The van der Waals surface area contributed by atoms with Crippen molar-refractivity contribution in [2.45, 2.75) is 39.5 Å². The third kappa shape index (κ3) is 4.24. The first kappa shape index (κ1) is 12.4. The van der Waals surface area contributed by atoms with Gasteiger partial charge in [0.1, 0.15) is 6.04 Å². The average Bonchev–Trinajstić information content (AvgIpc) is 2.14. The Bertz CT molecular complexity index is 161. The third-order valence-electron chi connectivity index (χ3n) is 2.14. The van der Waals surface area contributed by atoms with E-state index in [9.17, 15) is 4.79 Å². The van der Waals surface area contributed by atoms with E-state index in [0.717, 1.165) is 6.42 Å². The monoisotopic (exact) mass is 189 g/mol. The summed E-state index contributed by atoms with van der Waals surface area (Å²) in [6.45, 7) is 5.56. The van der Waals surface area contributed by atoms with Crippen LogP contribution in [0.4, 0.5) is 0 Å². The molecule has 0 radical (unpaired) electrons. The lowest BCUT2D eigenvalue weighted by atomic mass is 10.0. The zero-order valence-electron chi connectivity index (χ0n) is 8.74. The van der Waals surface area contributed by atoms with Crippen molar-refractivity contribution in [1.82, 2.24) is 0 Å². The van der Waals surface area contributed by atoms with Crippen LogP contribution in [0.15, 0.2) is 0 Å². The molecule has 0 spiro atoms. The highest BCUT2D eigenvalue weighted by Crippen LogP contribution is 2.07. The summed E-state index contributed by atoms with van der Waals surface area (Å²) in [5.74, 6) is -0.264. The number of esters is 1. The Morgan fingerprint density at radius 3 is 2.38 bits per heavy atom. The maximum atomic E-state index is 11.3. The van der Waals surface area contributed by atoms with E-state index < -0.39 is 18.3 Å². The van der Waals surface area contributed by atoms with Crippen LogP contribution in [-0.2, 0) is 14.3 Å². The summed E-state index contributed by atoms with van der Waals surface area (Å²) in [6, 6.07) is -0.553. The summed E-state index contributed by atoms with van der Waals surface area (Å²) in [6.07, 6.45) is 0.333. The molecule has 0 aromatic carbocycles. The lowest BCUT2D eigenvalue weighted by molar-refractivity contribution is -0.172. The molecule has 0 aromatic heterocycles. The SMILES string of the molecule is CCC(C)C(N)C(=O)OC(C)OC. The number of carbonyl (C=O) groups is 1. The van der Waals surface area contributed by atoms with Gasteiger partial charge in [-0.1, -0.05) is 20.3 Å². The van der Waals surface area contributed by atoms with E-state index in [1.54, 1.807) is 6.92 Å². The molecule has 0 aromatic rings. The van der Waals surface area contributed by atoms with Crippen molar-refractivity contribution in [1.29, 1.82) is 0 Å². The zero-order chi connectivity index (χ0) is 10.4. The number of rotatable bonds is 5. The highest BCUT2D eigenvalue weighted by Gasteiger charge is 2.22. The Labute approximate surface area is 79.4 Å². The first-order valence-corrected chi connectivity index (χ1v) is 4.51. The predicted octanol–water partition coefficient (Wildman–Crippen LogP) is 0.895. The molecule has 4 heteroatoms. The molecule has 0 aliphatic heterocycles. The van der Waals surface area contributed by atoms with Crippen LogP contribution >= 0.6 is 0 Å². The smallest absolute Gasteiger partial charge is 0.325 e. The van der Waals surface area contributed by atoms with Crippen LogP contribution in [0.1, 0.15) is 27.2 Å². The second-order valence-electron chi connectivity index (χ2n) is 3.15. The minimum absolute atomic E-state index is 0.136. The first-order chi connectivity index (χ1) is 6.02. The molecule has 0 fully saturated rings. The summed E-state index contributed by atoms with van der Waals surface area (Å²) in [4.78, 5) is 11.3. The molecule has 78 valence electrons. The van der Waals surface area contributed by atoms with E-state index >= 15 is 0 Å². The van der Waals surface area contributed by atoms with Crippen molar-refractivity contribution in [3.05, 3.63) is 0 Å². The fraction of sp³-hybridized carbons (Fsp3) is 0.889. The number of nitrogens with two attached hydrogens (primary N) is 1. The second-order valence-corrected chi connectivity index (χ2v) is 3.15. The summed E-state index contributed by atoms with van der Waals surface area (Å²) < 4.78 is 9.68. The fourth-order valence-corrected chi connectivity index (χ4v) is 0.776. The quantitative estimate of drug-likeness (QED) is 0.515. The maximum Gasteiger partial charge on any atom is 0.325 e. The molecule has 0 saturated heterocycles. The van der Waals surface area contributed by atoms with Gasteiger partial charge in [-0.25, -0.2) is 0 Å². The number of ether oxygens (including phenoxy) is 2. The van der Waals surface area contributed by atoms with Crippen LogP contribution in [0, 0.1) is 5.92 Å². The van der Waals surface area contributed by atoms with Gasteiger partial charge in [0.05, 0.1) is 0 Å². The molecule has 0 amide bonds. The topological polar surface area (TPSA) is 61.6 Å². The number of hydrogen-bond donors (Lipinski definition) is 1. The van der Waals surface area contributed by atoms with Gasteiger partial charge in [-0.05, 0) is 12.8 Å². The van der Waals surface area contributed by atoms with Crippen LogP contribution in [0.25, 0.3) is 0 Å². The van der Waals surface area contributed by atoms with Gasteiger partial charge in [0, 0.05) is 7.11 Å². The van der Waals surface area contributed by atoms with E-state index in [0.29, 0.717) is 0 Å². The summed E-state index contributed by atoms with van der Waals surface area (Å²) in [5, 5.41) is 0. The molecule has 0 saturated carbocycles. The number of methoxy groups -OCH3 is 1. The zero-order valence-corrected chi connectivity index (χ0v) is 8.74. The van der Waals surface area contributed by atoms with Crippen molar-refractivity contribution < 1.29 is 14.3 Å². The van der Waals surface area contributed by atoms with Crippen molar-refractivity contribution >= 4 is 5.97 Å². The molecule has 0 aliphatic carbocycles. The highest BCUT2D eigenvalue weighted by atomic mass is 16.7. The molecule has 0 bridgehead atoms. The predicted molar refractivity (Wildman–Crippen MR) is 50.0 cm³/mol. The Morgan fingerprint density at radius 1 is 1.46 bits per heavy atom. The van der Waals surface area contributed by atoms with Crippen LogP contribution in [0.5, 0.6) is 0 Å². The Hall–Kier alpha value is -0.610. The van der Waals surface area contributed by atoms with Crippen molar-refractivity contribution in [3.8, 4) is 0 Å². The molecular formula is C9H19NO3. The molecular weight excluding hydrogens is 170 g/mol. The third-order valence-corrected chi connectivity index (χ3v) is 2.14. The van der Waals surface area contributed by atoms with Gasteiger partial charge in [0.15, 0.2) is 6.29 Å². The van der Waals surface area contributed by atoms with Gasteiger partial charge in [-0.3, -0.25) is 4.79 Å². The first-order valence-electron chi connectivity index (χ1n) is 4.51. The minimum Gasteiger partial charge on any atom is -0.435 e. The summed E-state index contributed by atoms with van der Waals surface area (Å²) in [5.41, 5.74) is 5.64. The maximum absolute atomic E-state index is 11.3. The van der Waals surface area contributed by atoms with Gasteiger partial charge in [-0.15, -0.1) is 0 Å². The molecule has 3 atom stereocenters. The van der Waals surface area contributed by atoms with E-state index in [2.05, 4.69) is 0 Å². The van der Waals surface area contributed by atoms with Gasteiger partial charge in [0.2, 0.25) is 0 Å². The normalized spacial score (nSPS) is 17.6. The van der Waals surface area contributed by atoms with Crippen LogP contribution in [-0.4, -0.2) is 25.4 Å². The Kier molecular flexibility index (Phi) is 5.66. The number of carbonyl (C=O) groups excluding carboxylic acids is 1. The second kappa shape index (κ2) is 5.94. The van der Waals surface area contributed by atoms with E-state index in [-0.39, 0.29) is 5.92 Å². The lowest BCUT2D eigenvalue weighted by Gasteiger charge is -2.19.